The van der Waals surface area contributed by atoms with Crippen LogP contribution in [0.1, 0.15) is 38.6 Å². The van der Waals surface area contributed by atoms with Crippen LogP contribution in [0.4, 0.5) is 5.82 Å². The predicted molar refractivity (Wildman–Crippen MR) is 80.9 cm³/mol. The highest BCUT2D eigenvalue weighted by atomic mass is 16.5. The van der Waals surface area contributed by atoms with Crippen LogP contribution in [-0.4, -0.2) is 39.7 Å². The molecule has 1 unspecified atom stereocenters. The molecule has 3 heterocycles. The number of hydrogen-bond donors (Lipinski definition) is 1. The van der Waals surface area contributed by atoms with Crippen molar-refractivity contribution in [2.24, 2.45) is 0 Å². The minimum absolute atomic E-state index is 0.246. The second kappa shape index (κ2) is 5.81. The van der Waals surface area contributed by atoms with Crippen LogP contribution in [0.5, 0.6) is 0 Å². The number of likely N-dealkylation sites (tertiary alicyclic amines) is 1. The molecule has 21 heavy (non-hydrogen) atoms. The lowest BCUT2D eigenvalue weighted by atomic mass is 10.2. The van der Waals surface area contributed by atoms with Gasteiger partial charge in [0.15, 0.2) is 0 Å². The first-order chi connectivity index (χ1) is 10.2. The zero-order valence-electron chi connectivity index (χ0n) is 12.7. The fourth-order valence-electron chi connectivity index (χ4n) is 2.83. The second-order valence-corrected chi connectivity index (χ2v) is 5.63. The Bertz CT molecular complexity index is 592. The van der Waals surface area contributed by atoms with Crippen LogP contribution in [0.3, 0.4) is 0 Å². The van der Waals surface area contributed by atoms with Gasteiger partial charge < -0.3 is 9.84 Å². The van der Waals surface area contributed by atoms with E-state index in [1.807, 2.05) is 19.2 Å². The summed E-state index contributed by atoms with van der Waals surface area (Å²) >= 11 is 0. The Kier molecular flexibility index (Phi) is 3.88. The number of nitrogens with one attached hydrogen (secondary N) is 1. The van der Waals surface area contributed by atoms with E-state index in [0.29, 0.717) is 17.8 Å². The van der Waals surface area contributed by atoms with E-state index in [2.05, 4.69) is 39.2 Å². The fourth-order valence-corrected chi connectivity index (χ4v) is 2.83. The molecule has 0 aliphatic carbocycles. The van der Waals surface area contributed by atoms with Crippen molar-refractivity contribution in [1.82, 2.24) is 20.0 Å². The molecule has 0 aromatic carbocycles. The lowest BCUT2D eigenvalue weighted by molar-refractivity contribution is 0.170. The summed E-state index contributed by atoms with van der Waals surface area (Å²) in [5.74, 6) is 2.15. The predicted octanol–water partition coefficient (Wildman–Crippen LogP) is 2.72. The molecule has 0 radical (unpaired) electrons. The first kappa shape index (κ1) is 14.0. The molecular weight excluding hydrogens is 266 g/mol. The SMILES string of the molecule is CNc1ccc(-c2noc(C3CCCN3C(C)C)n2)cn1. The molecule has 2 aromatic heterocycles. The van der Waals surface area contributed by atoms with E-state index in [0.717, 1.165) is 24.3 Å². The smallest absolute Gasteiger partial charge is 0.244 e. The summed E-state index contributed by atoms with van der Waals surface area (Å²) in [5, 5.41) is 7.10. The average Bonchev–Trinajstić information content (AvgIpc) is 3.16. The van der Waals surface area contributed by atoms with Crippen molar-refractivity contribution < 1.29 is 4.52 Å². The van der Waals surface area contributed by atoms with Gasteiger partial charge in [0.1, 0.15) is 5.82 Å². The van der Waals surface area contributed by atoms with Crippen LogP contribution in [0.2, 0.25) is 0 Å². The average molecular weight is 287 g/mol. The summed E-state index contributed by atoms with van der Waals surface area (Å²) in [4.78, 5) is 11.3. The summed E-state index contributed by atoms with van der Waals surface area (Å²) < 4.78 is 5.49. The quantitative estimate of drug-likeness (QED) is 0.932. The molecule has 1 saturated heterocycles. The van der Waals surface area contributed by atoms with Gasteiger partial charge in [0, 0.05) is 24.8 Å². The van der Waals surface area contributed by atoms with Gasteiger partial charge in [-0.1, -0.05) is 5.16 Å². The van der Waals surface area contributed by atoms with Crippen molar-refractivity contribution in [1.29, 1.82) is 0 Å². The van der Waals surface area contributed by atoms with E-state index < -0.39 is 0 Å². The summed E-state index contributed by atoms with van der Waals surface area (Å²) in [6.07, 6.45) is 4.02. The monoisotopic (exact) mass is 287 g/mol. The van der Waals surface area contributed by atoms with Crippen molar-refractivity contribution in [3.63, 3.8) is 0 Å². The molecule has 0 amide bonds. The molecule has 112 valence electrons. The van der Waals surface area contributed by atoms with Crippen LogP contribution in [-0.2, 0) is 0 Å². The number of hydrogen-bond acceptors (Lipinski definition) is 6. The molecule has 1 aliphatic heterocycles. The van der Waals surface area contributed by atoms with Gasteiger partial charge in [-0.3, -0.25) is 4.90 Å². The molecular formula is C15H21N5O. The Labute approximate surface area is 124 Å². The van der Waals surface area contributed by atoms with Crippen LogP contribution < -0.4 is 5.32 Å². The van der Waals surface area contributed by atoms with Gasteiger partial charge in [0.05, 0.1) is 6.04 Å². The van der Waals surface area contributed by atoms with Gasteiger partial charge in [-0.2, -0.15) is 4.98 Å². The number of nitrogens with zero attached hydrogens (tertiary/aromatic N) is 4. The molecule has 1 fully saturated rings. The lowest BCUT2D eigenvalue weighted by Crippen LogP contribution is -2.30. The highest BCUT2D eigenvalue weighted by Crippen LogP contribution is 2.33. The van der Waals surface area contributed by atoms with Gasteiger partial charge in [-0.25, -0.2) is 4.98 Å². The third kappa shape index (κ3) is 2.76. The van der Waals surface area contributed by atoms with E-state index >= 15 is 0 Å². The number of pyridine rings is 1. The molecule has 1 N–H and O–H groups in total. The highest BCUT2D eigenvalue weighted by Gasteiger charge is 2.32. The van der Waals surface area contributed by atoms with Crippen LogP contribution in [0.25, 0.3) is 11.4 Å². The van der Waals surface area contributed by atoms with Gasteiger partial charge in [-0.05, 0) is 45.4 Å². The summed E-state index contributed by atoms with van der Waals surface area (Å²) in [6.45, 7) is 5.50. The van der Waals surface area contributed by atoms with Gasteiger partial charge in [-0.15, -0.1) is 0 Å². The van der Waals surface area contributed by atoms with Gasteiger partial charge in [0.25, 0.3) is 0 Å². The van der Waals surface area contributed by atoms with E-state index in [9.17, 15) is 0 Å². The van der Waals surface area contributed by atoms with E-state index in [4.69, 9.17) is 4.52 Å². The molecule has 1 aliphatic rings. The van der Waals surface area contributed by atoms with E-state index in [1.165, 1.54) is 6.42 Å². The molecule has 2 aromatic rings. The maximum Gasteiger partial charge on any atom is 0.244 e. The molecule has 3 rings (SSSR count). The van der Waals surface area contributed by atoms with Crippen molar-refractivity contribution in [3.05, 3.63) is 24.2 Å². The number of rotatable bonds is 4. The van der Waals surface area contributed by atoms with Crippen LogP contribution in [0.15, 0.2) is 22.9 Å². The van der Waals surface area contributed by atoms with Crippen LogP contribution in [0, 0.1) is 0 Å². The second-order valence-electron chi connectivity index (χ2n) is 5.63. The summed E-state index contributed by atoms with van der Waals surface area (Å²) in [6, 6.07) is 4.59. The summed E-state index contributed by atoms with van der Waals surface area (Å²) in [5.41, 5.74) is 0.873. The van der Waals surface area contributed by atoms with Gasteiger partial charge >= 0.3 is 0 Å². The molecule has 0 saturated carbocycles. The molecule has 6 nitrogen and oxygen atoms in total. The maximum absolute atomic E-state index is 5.49. The van der Waals surface area contributed by atoms with E-state index in [-0.39, 0.29) is 6.04 Å². The first-order valence-corrected chi connectivity index (χ1v) is 7.42. The van der Waals surface area contributed by atoms with Crippen LogP contribution >= 0.6 is 0 Å². The molecule has 0 spiro atoms. The van der Waals surface area contributed by atoms with Gasteiger partial charge in [0.2, 0.25) is 11.7 Å². The fraction of sp³-hybridized carbons (Fsp3) is 0.533. The standard InChI is InChI=1S/C15H21N5O/c1-10(2)20-8-4-5-12(20)15-18-14(19-21-15)11-6-7-13(16-3)17-9-11/h6-7,9-10,12H,4-5,8H2,1-3H3,(H,16,17). The third-order valence-electron chi connectivity index (χ3n) is 3.96. The Morgan fingerprint density at radius 2 is 2.24 bits per heavy atom. The molecule has 0 bridgehead atoms. The topological polar surface area (TPSA) is 67.1 Å². The highest BCUT2D eigenvalue weighted by molar-refractivity contribution is 5.55. The Morgan fingerprint density at radius 3 is 2.90 bits per heavy atom. The minimum Gasteiger partial charge on any atom is -0.373 e. The minimum atomic E-state index is 0.246. The molecule has 1 atom stereocenters. The van der Waals surface area contributed by atoms with Crippen molar-refractivity contribution in [2.45, 2.75) is 38.8 Å². The first-order valence-electron chi connectivity index (χ1n) is 7.42. The molecule has 6 heteroatoms. The largest absolute Gasteiger partial charge is 0.373 e. The number of anilines is 1. The number of aromatic nitrogens is 3. The normalized spacial score (nSPS) is 19.3. The zero-order chi connectivity index (χ0) is 14.8. The van der Waals surface area contributed by atoms with Crippen molar-refractivity contribution in [3.8, 4) is 11.4 Å². The van der Waals surface area contributed by atoms with E-state index in [1.54, 1.807) is 6.20 Å². The lowest BCUT2D eigenvalue weighted by Gasteiger charge is -2.25. The zero-order valence-corrected chi connectivity index (χ0v) is 12.7. The third-order valence-corrected chi connectivity index (χ3v) is 3.96. The maximum atomic E-state index is 5.49. The summed E-state index contributed by atoms with van der Waals surface area (Å²) in [7, 11) is 1.84. The Morgan fingerprint density at radius 1 is 1.38 bits per heavy atom. The Balaban J connectivity index is 1.82. The Hall–Kier alpha value is -1.95. The van der Waals surface area contributed by atoms with Crippen molar-refractivity contribution in [2.75, 3.05) is 18.9 Å². The van der Waals surface area contributed by atoms with Crippen molar-refractivity contribution >= 4 is 5.82 Å².